The molecule has 0 aliphatic heterocycles. The molecule has 34 heavy (non-hydrogen) atoms. The summed E-state index contributed by atoms with van der Waals surface area (Å²) in [5.41, 5.74) is 9.56. The lowest BCUT2D eigenvalue weighted by molar-refractivity contribution is -0.137. The number of fused-ring (bicyclic) bond motifs is 1. The van der Waals surface area contributed by atoms with Crippen LogP contribution in [0.25, 0.3) is 33.0 Å². The first-order valence-corrected chi connectivity index (χ1v) is 10.7. The largest absolute Gasteiger partial charge is 0.455 e. The second-order valence-corrected chi connectivity index (χ2v) is 7.95. The van der Waals surface area contributed by atoms with Gasteiger partial charge in [-0.2, -0.15) is 13.2 Å². The summed E-state index contributed by atoms with van der Waals surface area (Å²) in [6, 6.07) is 32.3. The van der Waals surface area contributed by atoms with E-state index >= 15 is 0 Å². The Bertz CT molecular complexity index is 1460. The first kappa shape index (κ1) is 21.6. The number of nitrogen functional groups attached to an aromatic ring is 1. The first-order valence-electron chi connectivity index (χ1n) is 10.7. The van der Waals surface area contributed by atoms with Crippen LogP contribution in [0.4, 0.5) is 18.9 Å². The van der Waals surface area contributed by atoms with Gasteiger partial charge in [-0.15, -0.1) is 0 Å². The third kappa shape index (κ3) is 4.20. The molecule has 5 aromatic carbocycles. The molecular weight excluding hydrogens is 435 g/mol. The molecule has 0 amide bonds. The number of hydrogen-bond donors (Lipinski definition) is 1. The number of para-hydroxylation sites is 2. The van der Waals surface area contributed by atoms with Crippen LogP contribution in [-0.4, -0.2) is 0 Å². The molecule has 0 aromatic heterocycles. The van der Waals surface area contributed by atoms with Gasteiger partial charge < -0.3 is 10.5 Å². The molecule has 0 radical (unpaired) electrons. The van der Waals surface area contributed by atoms with Crippen molar-refractivity contribution in [2.24, 2.45) is 0 Å². The van der Waals surface area contributed by atoms with E-state index in [9.17, 15) is 13.2 Å². The minimum Gasteiger partial charge on any atom is -0.455 e. The summed E-state index contributed by atoms with van der Waals surface area (Å²) in [5.74, 6) is 1.31. The van der Waals surface area contributed by atoms with Gasteiger partial charge in [-0.1, -0.05) is 78.9 Å². The highest BCUT2D eigenvalue weighted by molar-refractivity contribution is 6.00. The topological polar surface area (TPSA) is 35.2 Å². The molecular formula is C29H20F3NO. The summed E-state index contributed by atoms with van der Waals surface area (Å²) in [6.45, 7) is 0. The Kier molecular flexibility index (Phi) is 5.46. The van der Waals surface area contributed by atoms with Crippen LogP contribution in [0.3, 0.4) is 0 Å². The summed E-state index contributed by atoms with van der Waals surface area (Å²) >= 11 is 0. The lowest BCUT2D eigenvalue weighted by atomic mass is 9.95. The number of ether oxygens (including phenoxy) is 1. The molecule has 0 saturated heterocycles. The van der Waals surface area contributed by atoms with E-state index in [0.29, 0.717) is 17.2 Å². The van der Waals surface area contributed by atoms with Crippen molar-refractivity contribution in [1.82, 2.24) is 0 Å². The molecule has 0 aliphatic carbocycles. The van der Waals surface area contributed by atoms with Gasteiger partial charge in [0.15, 0.2) is 0 Å². The average Bonchev–Trinajstić information content (AvgIpc) is 2.85. The van der Waals surface area contributed by atoms with E-state index in [1.54, 1.807) is 6.07 Å². The lowest BCUT2D eigenvalue weighted by Gasteiger charge is -2.14. The fourth-order valence-corrected chi connectivity index (χ4v) is 4.00. The predicted octanol–water partition coefficient (Wildman–Crippen LogP) is 8.57. The van der Waals surface area contributed by atoms with Crippen LogP contribution < -0.4 is 10.5 Å². The average molecular weight is 455 g/mol. The monoisotopic (exact) mass is 455 g/mol. The van der Waals surface area contributed by atoms with Crippen LogP contribution >= 0.6 is 0 Å². The molecule has 5 aromatic rings. The quantitative estimate of drug-likeness (QED) is 0.276. The Morgan fingerprint density at radius 3 is 1.74 bits per heavy atom. The highest BCUT2D eigenvalue weighted by Gasteiger charge is 2.29. The fraction of sp³-hybridized carbons (Fsp3) is 0.0345. The van der Waals surface area contributed by atoms with E-state index in [2.05, 4.69) is 0 Å². The van der Waals surface area contributed by atoms with Crippen LogP contribution in [0, 0.1) is 0 Å². The van der Waals surface area contributed by atoms with Crippen molar-refractivity contribution in [3.8, 4) is 33.8 Å². The van der Waals surface area contributed by atoms with Crippen molar-refractivity contribution in [3.63, 3.8) is 0 Å². The minimum atomic E-state index is -4.34. The fourth-order valence-electron chi connectivity index (χ4n) is 4.00. The summed E-state index contributed by atoms with van der Waals surface area (Å²) < 4.78 is 44.7. The number of halogens is 3. The van der Waals surface area contributed by atoms with Crippen molar-refractivity contribution >= 4 is 16.5 Å². The number of alkyl halides is 3. The van der Waals surface area contributed by atoms with Crippen molar-refractivity contribution in [3.05, 3.63) is 115 Å². The normalized spacial score (nSPS) is 11.5. The van der Waals surface area contributed by atoms with Gasteiger partial charge >= 0.3 is 6.18 Å². The number of nitrogens with two attached hydrogens (primary N) is 1. The zero-order chi connectivity index (χ0) is 23.7. The van der Waals surface area contributed by atoms with Crippen molar-refractivity contribution in [1.29, 1.82) is 0 Å². The molecule has 0 unspecified atom stereocenters. The Morgan fingerprint density at radius 1 is 0.529 bits per heavy atom. The maximum atomic E-state index is 12.8. The molecule has 0 heterocycles. The lowest BCUT2D eigenvalue weighted by Crippen LogP contribution is -2.03. The summed E-state index contributed by atoms with van der Waals surface area (Å²) in [4.78, 5) is 0. The zero-order valence-electron chi connectivity index (χ0n) is 18.0. The van der Waals surface area contributed by atoms with Crippen molar-refractivity contribution < 1.29 is 17.9 Å². The van der Waals surface area contributed by atoms with Gasteiger partial charge in [0.1, 0.15) is 11.5 Å². The highest BCUT2D eigenvalue weighted by atomic mass is 19.4. The molecule has 2 nitrogen and oxygen atoms in total. The van der Waals surface area contributed by atoms with Crippen molar-refractivity contribution in [2.75, 3.05) is 5.73 Å². The summed E-state index contributed by atoms with van der Waals surface area (Å²) in [7, 11) is 0. The van der Waals surface area contributed by atoms with Gasteiger partial charge in [0.2, 0.25) is 0 Å². The van der Waals surface area contributed by atoms with Crippen molar-refractivity contribution in [2.45, 2.75) is 6.18 Å². The smallest absolute Gasteiger partial charge is 0.416 e. The molecule has 0 fully saturated rings. The molecule has 0 bridgehead atoms. The van der Waals surface area contributed by atoms with E-state index in [1.165, 1.54) is 12.1 Å². The SMILES string of the molecule is Nc1ccccc1Oc1ccc(-c2ccc(-c3ccc(C(F)(F)F)cc3)cc2)c2ccccc12. The second kappa shape index (κ2) is 8.60. The molecule has 5 rings (SSSR count). The van der Waals surface area contributed by atoms with Gasteiger partial charge in [0, 0.05) is 5.39 Å². The maximum absolute atomic E-state index is 12.8. The molecule has 5 heteroatoms. The molecule has 0 spiro atoms. The van der Waals surface area contributed by atoms with E-state index in [1.807, 2.05) is 78.9 Å². The van der Waals surface area contributed by atoms with Gasteiger partial charge in [-0.25, -0.2) is 0 Å². The van der Waals surface area contributed by atoms with E-state index < -0.39 is 11.7 Å². The minimum absolute atomic E-state index is 0.564. The van der Waals surface area contributed by atoms with E-state index in [4.69, 9.17) is 10.5 Å². The Morgan fingerprint density at radius 2 is 1.09 bits per heavy atom. The summed E-state index contributed by atoms with van der Waals surface area (Å²) in [5, 5.41) is 1.98. The third-order valence-corrected chi connectivity index (χ3v) is 5.76. The molecule has 168 valence electrons. The Balaban J connectivity index is 1.48. The number of benzene rings is 5. The molecule has 0 aliphatic rings. The van der Waals surface area contributed by atoms with E-state index in [0.717, 1.165) is 45.2 Å². The van der Waals surface area contributed by atoms with Crippen LogP contribution in [-0.2, 0) is 6.18 Å². The summed E-state index contributed by atoms with van der Waals surface area (Å²) in [6.07, 6.45) is -4.34. The number of hydrogen-bond acceptors (Lipinski definition) is 2. The van der Waals surface area contributed by atoms with E-state index in [-0.39, 0.29) is 0 Å². The first-order chi connectivity index (χ1) is 16.4. The van der Waals surface area contributed by atoms with Crippen LogP contribution in [0.1, 0.15) is 5.56 Å². The Hall–Kier alpha value is -4.25. The number of rotatable bonds is 4. The molecule has 0 saturated carbocycles. The standard InChI is InChI=1S/C29H20F3NO/c30-29(31,32)22-15-13-20(14-16-22)19-9-11-21(12-10-19)23-17-18-27(25-6-2-1-5-24(23)25)34-28-8-4-3-7-26(28)33/h1-18H,33H2. The number of anilines is 1. The molecule has 2 N–H and O–H groups in total. The maximum Gasteiger partial charge on any atom is 0.416 e. The van der Waals surface area contributed by atoms with Crippen LogP contribution in [0.2, 0.25) is 0 Å². The van der Waals surface area contributed by atoms with Gasteiger partial charge in [-0.05, 0) is 58.0 Å². The van der Waals surface area contributed by atoms with Gasteiger partial charge in [-0.3, -0.25) is 0 Å². The van der Waals surface area contributed by atoms with Crippen LogP contribution in [0.5, 0.6) is 11.5 Å². The molecule has 0 atom stereocenters. The second-order valence-electron chi connectivity index (χ2n) is 7.95. The van der Waals surface area contributed by atoms with Gasteiger partial charge in [0.05, 0.1) is 11.3 Å². The predicted molar refractivity (Wildman–Crippen MR) is 131 cm³/mol. The zero-order valence-corrected chi connectivity index (χ0v) is 18.0. The highest BCUT2D eigenvalue weighted by Crippen LogP contribution is 2.38. The van der Waals surface area contributed by atoms with Gasteiger partial charge in [0.25, 0.3) is 0 Å². The van der Waals surface area contributed by atoms with Crippen LogP contribution in [0.15, 0.2) is 109 Å². The Labute approximate surface area is 195 Å². The third-order valence-electron chi connectivity index (χ3n) is 5.76.